The van der Waals surface area contributed by atoms with Crippen molar-refractivity contribution in [2.75, 3.05) is 11.4 Å². The summed E-state index contributed by atoms with van der Waals surface area (Å²) in [4.78, 5) is 26.3. The van der Waals surface area contributed by atoms with Crippen LogP contribution in [0.4, 0.5) is 5.69 Å². The molecule has 1 aromatic rings. The van der Waals surface area contributed by atoms with Crippen molar-refractivity contribution in [1.29, 1.82) is 0 Å². The van der Waals surface area contributed by atoms with E-state index in [2.05, 4.69) is 17.4 Å². The summed E-state index contributed by atoms with van der Waals surface area (Å²) in [6, 6.07) is 6.46. The highest BCUT2D eigenvalue weighted by atomic mass is 16.2. The number of rotatable bonds is 4. The van der Waals surface area contributed by atoms with E-state index < -0.39 is 0 Å². The van der Waals surface area contributed by atoms with Gasteiger partial charge in [0.15, 0.2) is 0 Å². The second kappa shape index (κ2) is 6.11. The van der Waals surface area contributed by atoms with E-state index in [0.717, 1.165) is 24.9 Å². The van der Waals surface area contributed by atoms with E-state index in [0.29, 0.717) is 13.0 Å². The van der Waals surface area contributed by atoms with Gasteiger partial charge in [0.1, 0.15) is 0 Å². The van der Waals surface area contributed by atoms with Gasteiger partial charge in [-0.25, -0.2) is 0 Å². The van der Waals surface area contributed by atoms with Gasteiger partial charge in [0, 0.05) is 24.7 Å². The number of aryl methyl sites for hydroxylation is 2. The number of amides is 2. The molecule has 1 heterocycles. The van der Waals surface area contributed by atoms with Crippen LogP contribution in [-0.2, 0) is 22.4 Å². The molecule has 3 rings (SSSR count). The monoisotopic (exact) mass is 300 g/mol. The normalized spacial score (nSPS) is 21.8. The van der Waals surface area contributed by atoms with Gasteiger partial charge in [-0.1, -0.05) is 13.0 Å². The summed E-state index contributed by atoms with van der Waals surface area (Å²) in [7, 11) is 0. The summed E-state index contributed by atoms with van der Waals surface area (Å²) >= 11 is 0. The van der Waals surface area contributed by atoms with Gasteiger partial charge in [0.05, 0.1) is 5.92 Å². The maximum absolute atomic E-state index is 12.3. The van der Waals surface area contributed by atoms with E-state index >= 15 is 0 Å². The Hall–Kier alpha value is -1.84. The number of nitrogens with zero attached hydrogens (tertiary/aromatic N) is 1. The molecule has 1 aliphatic heterocycles. The molecule has 1 fully saturated rings. The van der Waals surface area contributed by atoms with Crippen LogP contribution in [0.25, 0.3) is 0 Å². The predicted octanol–water partition coefficient (Wildman–Crippen LogP) is 2.44. The quantitative estimate of drug-likeness (QED) is 0.928. The lowest BCUT2D eigenvalue weighted by molar-refractivity contribution is -0.126. The van der Waals surface area contributed by atoms with Gasteiger partial charge in [-0.3, -0.25) is 9.59 Å². The minimum absolute atomic E-state index is 0.00589. The molecule has 0 bridgehead atoms. The van der Waals surface area contributed by atoms with Gasteiger partial charge >= 0.3 is 0 Å². The molecule has 1 saturated heterocycles. The summed E-state index contributed by atoms with van der Waals surface area (Å²) in [5.41, 5.74) is 3.71. The van der Waals surface area contributed by atoms with E-state index in [9.17, 15) is 9.59 Å². The third-order valence-electron chi connectivity index (χ3n) is 4.89. The Morgan fingerprint density at radius 3 is 2.91 bits per heavy atom. The molecule has 4 nitrogen and oxygen atoms in total. The minimum atomic E-state index is -0.227. The number of hydrogen-bond acceptors (Lipinski definition) is 2. The van der Waals surface area contributed by atoms with Crippen LogP contribution in [0, 0.1) is 5.92 Å². The standard InChI is InChI=1S/C18H24N2O2/c1-3-12(2)19-18(22)15-10-17(21)20(11-15)16-8-7-13-5-4-6-14(13)9-16/h7-9,12,15H,3-6,10-11H2,1-2H3,(H,19,22). The van der Waals surface area contributed by atoms with Gasteiger partial charge in [-0.15, -0.1) is 0 Å². The van der Waals surface area contributed by atoms with Gasteiger partial charge in [-0.2, -0.15) is 0 Å². The summed E-state index contributed by atoms with van der Waals surface area (Å²) in [5.74, 6) is -0.164. The maximum atomic E-state index is 12.3. The predicted molar refractivity (Wildman–Crippen MR) is 86.8 cm³/mol. The zero-order chi connectivity index (χ0) is 15.7. The van der Waals surface area contributed by atoms with E-state index in [1.54, 1.807) is 4.90 Å². The van der Waals surface area contributed by atoms with Crippen molar-refractivity contribution in [3.05, 3.63) is 29.3 Å². The van der Waals surface area contributed by atoms with Crippen LogP contribution in [0.5, 0.6) is 0 Å². The summed E-state index contributed by atoms with van der Waals surface area (Å²) < 4.78 is 0. The van der Waals surface area contributed by atoms with E-state index in [4.69, 9.17) is 0 Å². The number of benzene rings is 1. The van der Waals surface area contributed by atoms with Crippen molar-refractivity contribution in [2.45, 2.75) is 52.0 Å². The van der Waals surface area contributed by atoms with Crippen molar-refractivity contribution in [3.63, 3.8) is 0 Å². The Labute approximate surface area is 131 Å². The smallest absolute Gasteiger partial charge is 0.227 e. The lowest BCUT2D eigenvalue weighted by Crippen LogP contribution is -2.38. The molecule has 2 atom stereocenters. The molecule has 0 radical (unpaired) electrons. The first-order valence-electron chi connectivity index (χ1n) is 8.31. The fraction of sp³-hybridized carbons (Fsp3) is 0.556. The number of fused-ring (bicyclic) bond motifs is 1. The molecule has 2 amide bonds. The third-order valence-corrected chi connectivity index (χ3v) is 4.89. The largest absolute Gasteiger partial charge is 0.353 e. The van der Waals surface area contributed by atoms with Crippen LogP contribution in [0.15, 0.2) is 18.2 Å². The highest BCUT2D eigenvalue weighted by molar-refractivity contribution is 6.00. The fourth-order valence-corrected chi connectivity index (χ4v) is 3.32. The van der Waals surface area contributed by atoms with Crippen LogP contribution in [0.3, 0.4) is 0 Å². The molecule has 0 spiro atoms. The van der Waals surface area contributed by atoms with Gasteiger partial charge in [0.2, 0.25) is 11.8 Å². The minimum Gasteiger partial charge on any atom is -0.353 e. The first-order chi connectivity index (χ1) is 10.6. The van der Waals surface area contributed by atoms with Crippen LogP contribution in [0.2, 0.25) is 0 Å². The van der Waals surface area contributed by atoms with Gasteiger partial charge in [-0.05, 0) is 55.9 Å². The summed E-state index contributed by atoms with van der Waals surface area (Å²) in [6.45, 7) is 4.54. The number of nitrogens with one attached hydrogen (secondary N) is 1. The van der Waals surface area contributed by atoms with Crippen LogP contribution < -0.4 is 10.2 Å². The first kappa shape index (κ1) is 15.1. The molecule has 1 aliphatic carbocycles. The highest BCUT2D eigenvalue weighted by Crippen LogP contribution is 2.30. The van der Waals surface area contributed by atoms with Gasteiger partial charge < -0.3 is 10.2 Å². The number of hydrogen-bond donors (Lipinski definition) is 1. The summed E-state index contributed by atoms with van der Waals surface area (Å²) in [5, 5.41) is 2.99. The van der Waals surface area contributed by atoms with Crippen molar-refractivity contribution >= 4 is 17.5 Å². The van der Waals surface area contributed by atoms with Crippen LogP contribution in [-0.4, -0.2) is 24.4 Å². The van der Waals surface area contributed by atoms with E-state index in [1.165, 1.54) is 17.5 Å². The maximum Gasteiger partial charge on any atom is 0.227 e. The van der Waals surface area contributed by atoms with Crippen molar-refractivity contribution in [3.8, 4) is 0 Å². The molecule has 1 aromatic carbocycles. The zero-order valence-electron chi connectivity index (χ0n) is 13.4. The van der Waals surface area contributed by atoms with Crippen LogP contribution in [0.1, 0.15) is 44.2 Å². The van der Waals surface area contributed by atoms with Crippen molar-refractivity contribution < 1.29 is 9.59 Å². The molecule has 0 saturated carbocycles. The van der Waals surface area contributed by atoms with Crippen molar-refractivity contribution in [2.24, 2.45) is 5.92 Å². The Balaban J connectivity index is 1.71. The molecule has 2 unspecified atom stereocenters. The van der Waals surface area contributed by atoms with Crippen LogP contribution >= 0.6 is 0 Å². The summed E-state index contributed by atoms with van der Waals surface area (Å²) in [6.07, 6.45) is 4.67. The lowest BCUT2D eigenvalue weighted by Gasteiger charge is -2.19. The molecule has 4 heteroatoms. The zero-order valence-corrected chi connectivity index (χ0v) is 13.4. The van der Waals surface area contributed by atoms with E-state index in [1.807, 2.05) is 19.9 Å². The molecule has 22 heavy (non-hydrogen) atoms. The molecule has 0 aromatic heterocycles. The third kappa shape index (κ3) is 2.87. The Morgan fingerprint density at radius 2 is 2.14 bits per heavy atom. The highest BCUT2D eigenvalue weighted by Gasteiger charge is 2.35. The average Bonchev–Trinajstić information content (AvgIpc) is 3.12. The average molecular weight is 300 g/mol. The van der Waals surface area contributed by atoms with Gasteiger partial charge in [0.25, 0.3) is 0 Å². The number of anilines is 1. The Morgan fingerprint density at radius 1 is 1.36 bits per heavy atom. The second-order valence-electron chi connectivity index (χ2n) is 6.53. The molecule has 1 N–H and O–H groups in total. The first-order valence-corrected chi connectivity index (χ1v) is 8.31. The lowest BCUT2D eigenvalue weighted by atomic mass is 10.1. The number of carbonyl (C=O) groups excluding carboxylic acids is 2. The fourth-order valence-electron chi connectivity index (χ4n) is 3.32. The molecular weight excluding hydrogens is 276 g/mol. The van der Waals surface area contributed by atoms with Crippen molar-refractivity contribution in [1.82, 2.24) is 5.32 Å². The number of carbonyl (C=O) groups is 2. The Kier molecular flexibility index (Phi) is 4.19. The molecule has 118 valence electrons. The molecule has 2 aliphatic rings. The van der Waals surface area contributed by atoms with E-state index in [-0.39, 0.29) is 23.8 Å². The Bertz CT molecular complexity index is 597. The topological polar surface area (TPSA) is 49.4 Å². The second-order valence-corrected chi connectivity index (χ2v) is 6.53. The SMILES string of the molecule is CCC(C)NC(=O)C1CC(=O)N(c2ccc3c(c2)CCC3)C1. The molecular formula is C18H24N2O2.